The van der Waals surface area contributed by atoms with E-state index in [-0.39, 0.29) is 11.3 Å². The molecule has 4 heterocycles. The first-order valence-electron chi connectivity index (χ1n) is 12.7. The fraction of sp³-hybridized carbons (Fsp3) is 0.600. The average molecular weight is 538 g/mol. The normalized spacial score (nSPS) is 19.9. The zero-order chi connectivity index (χ0) is 26.9. The molecule has 0 radical (unpaired) electrons. The second-order valence-electron chi connectivity index (χ2n) is 10.4. The van der Waals surface area contributed by atoms with Gasteiger partial charge in [0.1, 0.15) is 5.82 Å². The van der Waals surface area contributed by atoms with E-state index < -0.39 is 12.1 Å². The van der Waals surface area contributed by atoms with E-state index in [2.05, 4.69) is 37.1 Å². The molecule has 1 aromatic heterocycles. The third-order valence-corrected chi connectivity index (χ3v) is 7.65. The van der Waals surface area contributed by atoms with Gasteiger partial charge < -0.3 is 24.5 Å². The molecule has 38 heavy (non-hydrogen) atoms. The van der Waals surface area contributed by atoms with E-state index in [0.29, 0.717) is 18.5 Å². The number of halogens is 3. The van der Waals surface area contributed by atoms with E-state index in [9.17, 15) is 18.0 Å². The van der Waals surface area contributed by atoms with Crippen LogP contribution in [0.1, 0.15) is 54.1 Å². The molecule has 1 aromatic carbocycles. The van der Waals surface area contributed by atoms with E-state index in [1.807, 2.05) is 6.07 Å². The van der Waals surface area contributed by atoms with E-state index in [4.69, 9.17) is 19.4 Å². The highest BCUT2D eigenvalue weighted by molar-refractivity contribution is 5.90. The Morgan fingerprint density at radius 2 is 1.82 bits per heavy atom. The summed E-state index contributed by atoms with van der Waals surface area (Å²) in [5, 5.41) is 18.7. The van der Waals surface area contributed by atoms with Crippen LogP contribution in [0.5, 0.6) is 11.5 Å². The summed E-state index contributed by atoms with van der Waals surface area (Å²) in [6, 6.07) is 6.24. The Hall–Kier alpha value is -3.35. The number of hydrogen-bond donors (Lipinski definition) is 2. The number of piperidine rings is 1. The first kappa shape index (κ1) is 26.3. The largest absolute Gasteiger partial charge is 0.490 e. The number of nitrogens with one attached hydrogen (secondary N) is 1. The maximum Gasteiger partial charge on any atom is 0.490 e. The van der Waals surface area contributed by atoms with E-state index >= 15 is 0 Å². The van der Waals surface area contributed by atoms with E-state index in [0.717, 1.165) is 75.7 Å². The molecule has 1 amide bonds. The number of carboxylic acid groups (broad SMARTS) is 1. The SMILES string of the molecule is O=C(NCC1CC1)c1nnc2n1CC1(CC2)CCN(Cc2ccc3c(c2)OCO3)CC1.O=C(O)C(F)(F)F. The average Bonchev–Trinajstić information content (AvgIpc) is 3.44. The molecule has 13 heteroatoms. The molecule has 0 atom stereocenters. The number of rotatable bonds is 5. The number of aryl methyl sites for hydroxylation is 1. The number of benzene rings is 1. The van der Waals surface area contributed by atoms with Gasteiger partial charge in [-0.3, -0.25) is 9.69 Å². The predicted molar refractivity (Wildman–Crippen MR) is 127 cm³/mol. The van der Waals surface area contributed by atoms with Crippen LogP contribution < -0.4 is 14.8 Å². The number of likely N-dealkylation sites (tertiary alicyclic amines) is 1. The van der Waals surface area contributed by atoms with Crippen molar-refractivity contribution in [2.75, 3.05) is 26.4 Å². The highest BCUT2D eigenvalue weighted by atomic mass is 19.4. The topological polar surface area (TPSA) is 119 Å². The van der Waals surface area contributed by atoms with Crippen molar-refractivity contribution < 1.29 is 37.3 Å². The van der Waals surface area contributed by atoms with Crippen molar-refractivity contribution in [1.29, 1.82) is 0 Å². The smallest absolute Gasteiger partial charge is 0.475 e. The number of alkyl halides is 3. The summed E-state index contributed by atoms with van der Waals surface area (Å²) in [6.07, 6.45) is 1.68. The monoisotopic (exact) mass is 537 g/mol. The Kier molecular flexibility index (Phi) is 7.21. The quantitative estimate of drug-likeness (QED) is 0.598. The van der Waals surface area contributed by atoms with Crippen LogP contribution in [0.4, 0.5) is 13.2 Å². The number of aliphatic carboxylic acids is 1. The van der Waals surface area contributed by atoms with Gasteiger partial charge >= 0.3 is 12.1 Å². The van der Waals surface area contributed by atoms with Crippen molar-refractivity contribution in [1.82, 2.24) is 25.0 Å². The molecule has 1 saturated carbocycles. The fourth-order valence-electron chi connectivity index (χ4n) is 5.17. The Morgan fingerprint density at radius 1 is 1.11 bits per heavy atom. The summed E-state index contributed by atoms with van der Waals surface area (Å²) in [7, 11) is 0. The molecule has 2 fully saturated rings. The van der Waals surface area contributed by atoms with Crippen LogP contribution in [-0.2, 0) is 24.3 Å². The summed E-state index contributed by atoms with van der Waals surface area (Å²) in [5.41, 5.74) is 1.51. The highest BCUT2D eigenvalue weighted by Crippen LogP contribution is 2.41. The fourth-order valence-corrected chi connectivity index (χ4v) is 5.17. The first-order valence-corrected chi connectivity index (χ1v) is 12.7. The van der Waals surface area contributed by atoms with E-state index in [1.54, 1.807) is 0 Å². The minimum Gasteiger partial charge on any atom is -0.475 e. The van der Waals surface area contributed by atoms with Crippen LogP contribution in [0.25, 0.3) is 0 Å². The third kappa shape index (κ3) is 6.03. The molecule has 0 bridgehead atoms. The van der Waals surface area contributed by atoms with E-state index in [1.165, 1.54) is 18.4 Å². The third-order valence-electron chi connectivity index (χ3n) is 7.65. The van der Waals surface area contributed by atoms with Crippen molar-refractivity contribution in [3.8, 4) is 11.5 Å². The number of carbonyl (C=O) groups is 2. The molecular formula is C25H30F3N5O5. The number of fused-ring (bicyclic) bond motifs is 2. The maximum absolute atomic E-state index is 12.7. The van der Waals surface area contributed by atoms with Crippen molar-refractivity contribution in [3.63, 3.8) is 0 Å². The molecule has 1 saturated heterocycles. The second kappa shape index (κ2) is 10.4. The maximum atomic E-state index is 12.7. The summed E-state index contributed by atoms with van der Waals surface area (Å²) in [5.74, 6) is 0.988. The van der Waals surface area contributed by atoms with Gasteiger partial charge in [-0.05, 0) is 74.2 Å². The molecule has 4 aliphatic rings. The highest BCUT2D eigenvalue weighted by Gasteiger charge is 2.40. The summed E-state index contributed by atoms with van der Waals surface area (Å²) < 4.78 is 44.8. The number of aromatic nitrogens is 3. The Morgan fingerprint density at radius 3 is 2.50 bits per heavy atom. The van der Waals surface area contributed by atoms with Crippen LogP contribution in [0.15, 0.2) is 18.2 Å². The minimum atomic E-state index is -5.08. The molecule has 3 aliphatic heterocycles. The van der Waals surface area contributed by atoms with Crippen LogP contribution in [0.2, 0.25) is 0 Å². The molecule has 1 spiro atoms. The molecular weight excluding hydrogens is 507 g/mol. The molecule has 6 rings (SSSR count). The molecule has 1 aliphatic carbocycles. The van der Waals surface area contributed by atoms with Gasteiger partial charge in [-0.2, -0.15) is 13.2 Å². The van der Waals surface area contributed by atoms with Gasteiger partial charge in [0.2, 0.25) is 12.6 Å². The van der Waals surface area contributed by atoms with Gasteiger partial charge in [0.25, 0.3) is 5.91 Å². The first-order chi connectivity index (χ1) is 18.1. The standard InChI is InChI=1S/C23H29N5O3.C2HF3O2/c29-22(24-12-16-1-2-16)21-26-25-20-5-6-23(14-28(20)21)7-9-27(10-8-23)13-17-3-4-18-19(11-17)31-15-30-18;3-2(4,5)1(6)7/h3-4,11,16H,1-2,5-10,12-15H2,(H,24,29);(H,6,7). The van der Waals surface area contributed by atoms with Crippen molar-refractivity contribution in [3.05, 3.63) is 35.4 Å². The lowest BCUT2D eigenvalue weighted by molar-refractivity contribution is -0.192. The second-order valence-corrected chi connectivity index (χ2v) is 10.4. The minimum absolute atomic E-state index is 0.0667. The number of ether oxygens (including phenoxy) is 2. The van der Waals surface area contributed by atoms with Gasteiger partial charge in [0.05, 0.1) is 0 Å². The summed E-state index contributed by atoms with van der Waals surface area (Å²) in [4.78, 5) is 24.1. The van der Waals surface area contributed by atoms with Crippen LogP contribution in [0, 0.1) is 11.3 Å². The lowest BCUT2D eigenvalue weighted by Crippen LogP contribution is -2.44. The van der Waals surface area contributed by atoms with Crippen molar-refractivity contribution in [2.45, 2.75) is 57.8 Å². The molecule has 10 nitrogen and oxygen atoms in total. The zero-order valence-electron chi connectivity index (χ0n) is 20.8. The number of hydrogen-bond acceptors (Lipinski definition) is 7. The van der Waals surface area contributed by atoms with Gasteiger partial charge in [0, 0.05) is 26.1 Å². The molecule has 2 N–H and O–H groups in total. The van der Waals surface area contributed by atoms with Crippen LogP contribution in [-0.4, -0.2) is 69.3 Å². The van der Waals surface area contributed by atoms with Gasteiger partial charge in [0.15, 0.2) is 11.5 Å². The summed E-state index contributed by atoms with van der Waals surface area (Å²) >= 11 is 0. The number of carboxylic acids is 1. The lowest BCUT2D eigenvalue weighted by atomic mass is 9.73. The predicted octanol–water partition coefficient (Wildman–Crippen LogP) is 3.01. The molecule has 206 valence electrons. The molecule has 2 aromatic rings. The summed E-state index contributed by atoms with van der Waals surface area (Å²) in [6.45, 7) is 5.00. The van der Waals surface area contributed by atoms with Crippen LogP contribution >= 0.6 is 0 Å². The number of nitrogens with zero attached hydrogens (tertiary/aromatic N) is 4. The lowest BCUT2D eigenvalue weighted by Gasteiger charge is -2.44. The Bertz CT molecular complexity index is 1190. The van der Waals surface area contributed by atoms with Gasteiger partial charge in [-0.25, -0.2) is 4.79 Å². The number of carbonyl (C=O) groups excluding carboxylic acids is 1. The van der Waals surface area contributed by atoms with Gasteiger partial charge in [-0.15, -0.1) is 10.2 Å². The van der Waals surface area contributed by atoms with Crippen LogP contribution in [0.3, 0.4) is 0 Å². The Balaban J connectivity index is 0.000000374. The Labute approximate surface area is 217 Å². The number of amides is 1. The van der Waals surface area contributed by atoms with Crippen molar-refractivity contribution >= 4 is 11.9 Å². The van der Waals surface area contributed by atoms with Crippen molar-refractivity contribution in [2.24, 2.45) is 11.3 Å². The zero-order valence-corrected chi connectivity index (χ0v) is 20.8. The molecule has 0 unspecified atom stereocenters. The van der Waals surface area contributed by atoms with Gasteiger partial charge in [-0.1, -0.05) is 6.07 Å².